The van der Waals surface area contributed by atoms with Crippen LogP contribution in [0.2, 0.25) is 5.02 Å². The number of methoxy groups -OCH3 is 1. The number of alkyl halides is 3. The molecule has 1 unspecified atom stereocenters. The number of nitrogens with zero attached hydrogens (tertiary/aromatic N) is 4. The number of amides is 1. The molecule has 2 aromatic carbocycles. The van der Waals surface area contributed by atoms with E-state index >= 15 is 0 Å². The van der Waals surface area contributed by atoms with E-state index in [0.717, 1.165) is 34.9 Å². The average molecular weight is 542 g/mol. The fourth-order valence-corrected chi connectivity index (χ4v) is 3.66. The summed E-state index contributed by atoms with van der Waals surface area (Å²) in [5.74, 6) is -0.992. The van der Waals surface area contributed by atoms with Gasteiger partial charge in [-0.2, -0.15) is 23.1 Å². The van der Waals surface area contributed by atoms with Gasteiger partial charge in [-0.05, 0) is 55.3 Å². The predicted octanol–water partition coefficient (Wildman–Crippen LogP) is 5.07. The number of benzene rings is 2. The SMILES string of the molecule is CCC(CCN(C)c1nc(-c2ccc(Cl)cc2F)n(-c2ccc(C(F)(F)F)cc2)c(=O)n1)NC(=O)OC. The molecule has 3 aromatic rings. The molecule has 0 aliphatic carbocycles. The smallest absolute Gasteiger partial charge is 0.416 e. The van der Waals surface area contributed by atoms with Gasteiger partial charge in [0.05, 0.1) is 23.9 Å². The van der Waals surface area contributed by atoms with Crippen molar-refractivity contribution >= 4 is 23.6 Å². The maximum atomic E-state index is 14.9. The summed E-state index contributed by atoms with van der Waals surface area (Å²) >= 11 is 5.87. The molecule has 1 aromatic heterocycles. The minimum absolute atomic E-state index is 0.0184. The molecule has 0 aliphatic rings. The lowest BCUT2D eigenvalue weighted by molar-refractivity contribution is -0.137. The van der Waals surface area contributed by atoms with E-state index in [4.69, 9.17) is 11.6 Å². The molecule has 0 saturated heterocycles. The second-order valence-corrected chi connectivity index (χ2v) is 8.52. The third-order valence-electron chi connectivity index (χ3n) is 5.58. The summed E-state index contributed by atoms with van der Waals surface area (Å²) in [7, 11) is 2.87. The number of anilines is 1. The Balaban J connectivity index is 2.05. The highest BCUT2D eigenvalue weighted by molar-refractivity contribution is 6.30. The molecule has 198 valence electrons. The zero-order valence-corrected chi connectivity index (χ0v) is 20.9. The lowest BCUT2D eigenvalue weighted by Gasteiger charge is -2.22. The lowest BCUT2D eigenvalue weighted by Crippen LogP contribution is -2.37. The summed E-state index contributed by atoms with van der Waals surface area (Å²) in [6.45, 7) is 2.19. The Hall–Kier alpha value is -3.67. The van der Waals surface area contributed by atoms with Crippen LogP contribution in [0.5, 0.6) is 0 Å². The summed E-state index contributed by atoms with van der Waals surface area (Å²) < 4.78 is 59.5. The number of hydrogen-bond acceptors (Lipinski definition) is 6. The highest BCUT2D eigenvalue weighted by atomic mass is 35.5. The zero-order valence-electron chi connectivity index (χ0n) is 20.1. The minimum Gasteiger partial charge on any atom is -0.453 e. The van der Waals surface area contributed by atoms with Crippen molar-refractivity contribution in [2.75, 3.05) is 25.6 Å². The molecular formula is C24H24ClF4N5O3. The molecular weight excluding hydrogens is 518 g/mol. The van der Waals surface area contributed by atoms with Crippen molar-refractivity contribution in [3.63, 3.8) is 0 Å². The molecule has 1 amide bonds. The number of rotatable bonds is 8. The number of hydrogen-bond donors (Lipinski definition) is 1. The fraction of sp³-hybridized carbons (Fsp3) is 0.333. The van der Waals surface area contributed by atoms with E-state index in [1.807, 2.05) is 6.92 Å². The van der Waals surface area contributed by atoms with Gasteiger partial charge in [0, 0.05) is 24.7 Å². The van der Waals surface area contributed by atoms with Crippen molar-refractivity contribution in [1.29, 1.82) is 0 Å². The van der Waals surface area contributed by atoms with E-state index in [1.165, 1.54) is 19.2 Å². The Morgan fingerprint density at radius 3 is 2.43 bits per heavy atom. The van der Waals surface area contributed by atoms with Crippen LogP contribution in [-0.2, 0) is 10.9 Å². The molecule has 0 aliphatic heterocycles. The molecule has 1 N–H and O–H groups in total. The lowest BCUT2D eigenvalue weighted by atomic mass is 10.1. The first-order valence-electron chi connectivity index (χ1n) is 11.1. The summed E-state index contributed by atoms with van der Waals surface area (Å²) in [5.41, 5.74) is -1.87. The number of carbonyl (C=O) groups is 1. The Bertz CT molecular complexity index is 1320. The van der Waals surface area contributed by atoms with Gasteiger partial charge in [-0.15, -0.1) is 0 Å². The standard InChI is InChI=1S/C24H24ClF4N5O3/c1-4-16(30-23(36)37-3)11-12-33(2)21-31-20(18-10-7-15(25)13-19(18)26)34(22(35)32-21)17-8-5-14(6-9-17)24(27,28)29/h5-10,13,16H,4,11-12H2,1-3H3,(H,30,36). The van der Waals surface area contributed by atoms with Crippen LogP contribution in [0.4, 0.5) is 28.3 Å². The maximum absolute atomic E-state index is 14.9. The Morgan fingerprint density at radius 1 is 1.19 bits per heavy atom. The van der Waals surface area contributed by atoms with Gasteiger partial charge in [0.15, 0.2) is 5.82 Å². The molecule has 8 nitrogen and oxygen atoms in total. The number of ether oxygens (including phenoxy) is 1. The van der Waals surface area contributed by atoms with Gasteiger partial charge >= 0.3 is 18.0 Å². The molecule has 0 radical (unpaired) electrons. The summed E-state index contributed by atoms with van der Waals surface area (Å²) in [6.07, 6.45) is -4.08. The first-order valence-corrected chi connectivity index (χ1v) is 11.5. The van der Waals surface area contributed by atoms with E-state index in [0.29, 0.717) is 19.4 Å². The minimum atomic E-state index is -4.57. The quantitative estimate of drug-likeness (QED) is 0.401. The van der Waals surface area contributed by atoms with Gasteiger partial charge in [0.1, 0.15) is 5.82 Å². The Kier molecular flexibility index (Phi) is 8.74. The van der Waals surface area contributed by atoms with Crippen molar-refractivity contribution in [3.05, 3.63) is 69.4 Å². The second kappa shape index (κ2) is 11.6. The Labute approximate surface area is 214 Å². The van der Waals surface area contributed by atoms with Crippen LogP contribution in [-0.4, -0.2) is 47.4 Å². The molecule has 0 spiro atoms. The zero-order chi connectivity index (χ0) is 27.3. The normalized spacial score (nSPS) is 12.2. The first-order chi connectivity index (χ1) is 17.4. The van der Waals surface area contributed by atoms with Gasteiger partial charge < -0.3 is 15.0 Å². The number of aromatic nitrogens is 3. The van der Waals surface area contributed by atoms with Gasteiger partial charge in [-0.3, -0.25) is 0 Å². The van der Waals surface area contributed by atoms with Gasteiger partial charge in [-0.1, -0.05) is 18.5 Å². The fourth-order valence-electron chi connectivity index (χ4n) is 3.50. The monoisotopic (exact) mass is 541 g/mol. The van der Waals surface area contributed by atoms with Crippen LogP contribution in [0.15, 0.2) is 47.3 Å². The topological polar surface area (TPSA) is 89.4 Å². The van der Waals surface area contributed by atoms with Crippen LogP contribution in [0.3, 0.4) is 0 Å². The molecule has 13 heteroatoms. The summed E-state index contributed by atoms with van der Waals surface area (Å²) in [4.78, 5) is 34.6. The van der Waals surface area contributed by atoms with E-state index in [2.05, 4.69) is 20.0 Å². The third kappa shape index (κ3) is 6.76. The van der Waals surface area contributed by atoms with Gasteiger partial charge in [0.2, 0.25) is 5.95 Å². The molecule has 0 bridgehead atoms. The number of nitrogens with one attached hydrogen (secondary N) is 1. The van der Waals surface area contributed by atoms with E-state index in [-0.39, 0.29) is 34.1 Å². The molecule has 3 rings (SSSR count). The molecule has 0 fully saturated rings. The van der Waals surface area contributed by atoms with E-state index < -0.39 is 29.3 Å². The summed E-state index contributed by atoms with van der Waals surface area (Å²) in [5, 5.41) is 2.80. The van der Waals surface area contributed by atoms with Crippen LogP contribution in [0, 0.1) is 5.82 Å². The molecule has 0 saturated carbocycles. The van der Waals surface area contributed by atoms with Crippen molar-refractivity contribution in [1.82, 2.24) is 19.9 Å². The number of alkyl carbamates (subject to hydrolysis) is 1. The average Bonchev–Trinajstić information content (AvgIpc) is 2.85. The number of halogens is 5. The van der Waals surface area contributed by atoms with Crippen LogP contribution in [0.25, 0.3) is 17.1 Å². The molecule has 37 heavy (non-hydrogen) atoms. The summed E-state index contributed by atoms with van der Waals surface area (Å²) in [6, 6.07) is 7.31. The highest BCUT2D eigenvalue weighted by Crippen LogP contribution is 2.31. The van der Waals surface area contributed by atoms with Gasteiger partial charge in [-0.25, -0.2) is 18.5 Å². The van der Waals surface area contributed by atoms with Crippen LogP contribution < -0.4 is 15.9 Å². The van der Waals surface area contributed by atoms with Crippen molar-refractivity contribution < 1.29 is 27.1 Å². The van der Waals surface area contributed by atoms with Gasteiger partial charge in [0.25, 0.3) is 0 Å². The van der Waals surface area contributed by atoms with E-state index in [1.54, 1.807) is 11.9 Å². The second-order valence-electron chi connectivity index (χ2n) is 8.09. The van der Waals surface area contributed by atoms with Crippen molar-refractivity contribution in [2.24, 2.45) is 0 Å². The number of carbonyl (C=O) groups excluding carboxylic acids is 1. The molecule has 1 heterocycles. The first kappa shape index (κ1) is 27.9. The van der Waals surface area contributed by atoms with Crippen molar-refractivity contribution in [2.45, 2.75) is 32.0 Å². The van der Waals surface area contributed by atoms with E-state index in [9.17, 15) is 27.2 Å². The van der Waals surface area contributed by atoms with Crippen LogP contribution in [0.1, 0.15) is 25.3 Å². The highest BCUT2D eigenvalue weighted by Gasteiger charge is 2.30. The Morgan fingerprint density at radius 2 is 1.86 bits per heavy atom. The maximum Gasteiger partial charge on any atom is 0.416 e. The predicted molar refractivity (Wildman–Crippen MR) is 131 cm³/mol. The molecule has 1 atom stereocenters. The van der Waals surface area contributed by atoms with Crippen LogP contribution >= 0.6 is 11.6 Å². The third-order valence-corrected chi connectivity index (χ3v) is 5.82. The largest absolute Gasteiger partial charge is 0.453 e. The van der Waals surface area contributed by atoms with Crippen molar-refractivity contribution in [3.8, 4) is 17.1 Å².